The first-order valence-corrected chi connectivity index (χ1v) is 9.00. The summed E-state index contributed by atoms with van der Waals surface area (Å²) in [4.78, 5) is 28.3. The van der Waals surface area contributed by atoms with E-state index in [2.05, 4.69) is 30.6 Å². The molecule has 1 amide bonds. The van der Waals surface area contributed by atoms with Crippen LogP contribution in [0.4, 0.5) is 0 Å². The second-order valence-electron chi connectivity index (χ2n) is 6.04. The van der Waals surface area contributed by atoms with Crippen molar-refractivity contribution in [3.05, 3.63) is 72.0 Å². The van der Waals surface area contributed by atoms with E-state index in [0.29, 0.717) is 31.8 Å². The molecule has 0 saturated carbocycles. The van der Waals surface area contributed by atoms with Crippen LogP contribution in [0.1, 0.15) is 11.5 Å². The number of hydrogen-bond acceptors (Lipinski definition) is 6. The van der Waals surface area contributed by atoms with Crippen molar-refractivity contribution in [1.82, 2.24) is 25.6 Å². The lowest BCUT2D eigenvalue weighted by atomic mass is 10.3. The topological polar surface area (TPSA) is 121 Å². The van der Waals surface area contributed by atoms with Crippen molar-refractivity contribution in [3.8, 4) is 0 Å². The van der Waals surface area contributed by atoms with Gasteiger partial charge in [-0.25, -0.2) is 4.98 Å². The average Bonchev–Trinajstić information content (AvgIpc) is 3.15. The highest BCUT2D eigenvalue weighted by molar-refractivity contribution is 6.11. The molecule has 5 N–H and O–H groups in total. The third kappa shape index (κ3) is 5.49. The molecular formula is C20H23N7O. The van der Waals surface area contributed by atoms with Crippen LogP contribution in [-0.4, -0.2) is 40.2 Å². The highest BCUT2D eigenvalue weighted by atomic mass is 16.1. The van der Waals surface area contributed by atoms with E-state index < -0.39 is 0 Å². The minimum absolute atomic E-state index is 0.285. The van der Waals surface area contributed by atoms with Gasteiger partial charge in [0.05, 0.1) is 41.9 Å². The smallest absolute Gasteiger partial charge is 0.254 e. The van der Waals surface area contributed by atoms with Crippen LogP contribution in [0.2, 0.25) is 0 Å². The zero-order valence-electron chi connectivity index (χ0n) is 15.4. The summed E-state index contributed by atoms with van der Waals surface area (Å²) in [5.41, 5.74) is 8.60. The van der Waals surface area contributed by atoms with Gasteiger partial charge in [0.25, 0.3) is 5.91 Å². The molecule has 2 heterocycles. The third-order valence-corrected chi connectivity index (χ3v) is 3.98. The number of nitrogens with two attached hydrogens (primary N) is 1. The van der Waals surface area contributed by atoms with Gasteiger partial charge in [0.1, 0.15) is 5.82 Å². The van der Waals surface area contributed by atoms with E-state index in [-0.39, 0.29) is 5.91 Å². The molecule has 0 unspecified atom stereocenters. The van der Waals surface area contributed by atoms with Gasteiger partial charge in [-0.15, -0.1) is 0 Å². The van der Waals surface area contributed by atoms with E-state index in [9.17, 15) is 4.79 Å². The Bertz CT molecular complexity index is 930. The fourth-order valence-electron chi connectivity index (χ4n) is 2.56. The zero-order valence-corrected chi connectivity index (χ0v) is 15.4. The van der Waals surface area contributed by atoms with Crippen LogP contribution in [0.5, 0.6) is 0 Å². The number of nitrogens with zero attached hydrogens (tertiary/aromatic N) is 3. The molecule has 0 spiro atoms. The Morgan fingerprint density at radius 2 is 2.04 bits per heavy atom. The summed E-state index contributed by atoms with van der Waals surface area (Å²) in [5.74, 6) is 0.591. The molecule has 1 aromatic carbocycles. The molecule has 2 aromatic heterocycles. The molecule has 3 rings (SSSR count). The van der Waals surface area contributed by atoms with Gasteiger partial charge in [-0.2, -0.15) is 0 Å². The maximum absolute atomic E-state index is 12.1. The Balaban J connectivity index is 1.38. The number of aromatic nitrogens is 3. The summed E-state index contributed by atoms with van der Waals surface area (Å²) >= 11 is 0. The van der Waals surface area contributed by atoms with Gasteiger partial charge in [-0.3, -0.25) is 14.8 Å². The van der Waals surface area contributed by atoms with E-state index in [1.165, 1.54) is 12.4 Å². The normalized spacial score (nSPS) is 11.9. The molecule has 0 atom stereocenters. The monoisotopic (exact) mass is 377 g/mol. The number of carbonyl (C=O) groups is 1. The van der Waals surface area contributed by atoms with Crippen molar-refractivity contribution in [2.24, 2.45) is 10.7 Å². The molecule has 0 aliphatic heterocycles. The van der Waals surface area contributed by atoms with Gasteiger partial charge in [0.15, 0.2) is 0 Å². The number of nitrogens with one attached hydrogen (secondary N) is 3. The number of amides is 1. The van der Waals surface area contributed by atoms with E-state index in [1.54, 1.807) is 6.20 Å². The minimum Gasteiger partial charge on any atom is -0.404 e. The van der Waals surface area contributed by atoms with E-state index in [4.69, 9.17) is 5.73 Å². The second kappa shape index (κ2) is 9.98. The number of aliphatic imine (C=N–C) groups is 1. The fraction of sp³-hybridized carbons (Fsp3) is 0.200. The van der Waals surface area contributed by atoms with Crippen LogP contribution in [0.3, 0.4) is 0 Å². The number of carbonyl (C=O) groups excluding carboxylic acids is 1. The first-order valence-electron chi connectivity index (χ1n) is 9.00. The Morgan fingerprint density at radius 3 is 2.82 bits per heavy atom. The Morgan fingerprint density at radius 1 is 1.18 bits per heavy atom. The molecule has 0 bridgehead atoms. The van der Waals surface area contributed by atoms with Crippen LogP contribution in [0, 0.1) is 0 Å². The van der Waals surface area contributed by atoms with Gasteiger partial charge in [0.2, 0.25) is 0 Å². The van der Waals surface area contributed by atoms with Crippen molar-refractivity contribution in [2.45, 2.75) is 13.1 Å². The molecule has 8 heteroatoms. The predicted octanol–water partition coefficient (Wildman–Crippen LogP) is 1.28. The van der Waals surface area contributed by atoms with Gasteiger partial charge >= 0.3 is 0 Å². The molecule has 144 valence electrons. The first-order chi connectivity index (χ1) is 13.8. The summed E-state index contributed by atoms with van der Waals surface area (Å²) in [7, 11) is 0. The number of rotatable bonds is 9. The number of benzene rings is 1. The summed E-state index contributed by atoms with van der Waals surface area (Å²) in [6.45, 7) is 2.13. The summed E-state index contributed by atoms with van der Waals surface area (Å²) in [6, 6.07) is 13.4. The number of pyridine rings is 1. The molecule has 0 saturated heterocycles. The van der Waals surface area contributed by atoms with E-state index in [1.807, 2.05) is 42.5 Å². The van der Waals surface area contributed by atoms with Crippen molar-refractivity contribution >= 4 is 23.2 Å². The first kappa shape index (κ1) is 19.2. The number of fused-ring (bicyclic) bond motifs is 1. The van der Waals surface area contributed by atoms with Crippen LogP contribution < -0.4 is 16.4 Å². The van der Waals surface area contributed by atoms with Crippen molar-refractivity contribution < 1.29 is 4.79 Å². The maximum atomic E-state index is 12.1. The molecule has 8 nitrogen and oxygen atoms in total. The SMILES string of the molecule is NC=C(C=NCCNCc1nc2ccccc2[nH]1)C(=O)NCc1ccccn1. The molecule has 0 radical (unpaired) electrons. The van der Waals surface area contributed by atoms with Gasteiger partial charge in [-0.1, -0.05) is 18.2 Å². The molecule has 3 aromatic rings. The predicted molar refractivity (Wildman–Crippen MR) is 110 cm³/mol. The third-order valence-electron chi connectivity index (χ3n) is 3.98. The Labute approximate surface area is 163 Å². The van der Waals surface area contributed by atoms with E-state index in [0.717, 1.165) is 22.6 Å². The number of hydrogen-bond donors (Lipinski definition) is 4. The number of imidazole rings is 1. The standard InChI is InChI=1S/C20H23N7O/c21-11-15(20(28)25-13-16-5-3-4-8-24-16)12-22-9-10-23-14-19-26-17-6-1-2-7-18(17)27-19/h1-8,11-12,23H,9-10,13-14,21H2,(H,25,28)(H,26,27). The number of aromatic amines is 1. The van der Waals surface area contributed by atoms with Gasteiger partial charge in [-0.05, 0) is 24.3 Å². The van der Waals surface area contributed by atoms with Crippen LogP contribution >= 0.6 is 0 Å². The average molecular weight is 377 g/mol. The van der Waals surface area contributed by atoms with Crippen LogP contribution in [-0.2, 0) is 17.9 Å². The van der Waals surface area contributed by atoms with Crippen molar-refractivity contribution in [3.63, 3.8) is 0 Å². The van der Waals surface area contributed by atoms with Crippen LogP contribution in [0.15, 0.2) is 65.4 Å². The molecule has 28 heavy (non-hydrogen) atoms. The van der Waals surface area contributed by atoms with Gasteiger partial charge < -0.3 is 21.4 Å². The lowest BCUT2D eigenvalue weighted by Gasteiger charge is -2.05. The number of para-hydroxylation sites is 2. The molecular weight excluding hydrogens is 354 g/mol. The quantitative estimate of drug-likeness (QED) is 0.254. The lowest BCUT2D eigenvalue weighted by Crippen LogP contribution is -2.26. The summed E-state index contributed by atoms with van der Waals surface area (Å²) in [6.07, 6.45) is 4.41. The fourth-order valence-corrected chi connectivity index (χ4v) is 2.56. The zero-order chi connectivity index (χ0) is 19.6. The van der Waals surface area contributed by atoms with Crippen molar-refractivity contribution in [1.29, 1.82) is 0 Å². The Kier molecular flexibility index (Phi) is 6.86. The lowest BCUT2D eigenvalue weighted by molar-refractivity contribution is -0.117. The summed E-state index contributed by atoms with van der Waals surface area (Å²) in [5, 5.41) is 6.03. The van der Waals surface area contributed by atoms with Gasteiger partial charge in [0, 0.05) is 25.2 Å². The maximum Gasteiger partial charge on any atom is 0.254 e. The minimum atomic E-state index is -0.285. The Hall–Kier alpha value is -3.52. The molecule has 0 aliphatic rings. The van der Waals surface area contributed by atoms with E-state index >= 15 is 0 Å². The number of H-pyrrole nitrogens is 1. The van der Waals surface area contributed by atoms with Crippen LogP contribution in [0.25, 0.3) is 11.0 Å². The highest BCUT2D eigenvalue weighted by Gasteiger charge is 2.06. The second-order valence-corrected chi connectivity index (χ2v) is 6.04. The highest BCUT2D eigenvalue weighted by Crippen LogP contribution is 2.09. The van der Waals surface area contributed by atoms with Crippen molar-refractivity contribution in [2.75, 3.05) is 13.1 Å². The molecule has 0 fully saturated rings. The molecule has 0 aliphatic carbocycles. The summed E-state index contributed by atoms with van der Waals surface area (Å²) < 4.78 is 0. The largest absolute Gasteiger partial charge is 0.404 e.